The minimum absolute atomic E-state index is 0.0694. The van der Waals surface area contributed by atoms with E-state index in [0.29, 0.717) is 10.4 Å². The van der Waals surface area contributed by atoms with Crippen LogP contribution in [0.3, 0.4) is 0 Å². The van der Waals surface area contributed by atoms with Crippen molar-refractivity contribution in [3.8, 4) is 0 Å². The van der Waals surface area contributed by atoms with Crippen molar-refractivity contribution in [2.24, 2.45) is 0 Å². The van der Waals surface area contributed by atoms with Crippen molar-refractivity contribution < 1.29 is 4.39 Å². The van der Waals surface area contributed by atoms with Crippen LogP contribution in [-0.2, 0) is 0 Å². The molecule has 2 aromatic rings. The monoisotopic (exact) mass is 342 g/mol. The van der Waals surface area contributed by atoms with E-state index in [2.05, 4.69) is 45.5 Å². The van der Waals surface area contributed by atoms with E-state index in [1.165, 1.54) is 0 Å². The van der Waals surface area contributed by atoms with Crippen molar-refractivity contribution in [1.82, 2.24) is 10.3 Å². The smallest absolute Gasteiger partial charge is 0.137 e. The lowest BCUT2D eigenvalue weighted by atomic mass is 10.1. The molecule has 0 bridgehead atoms. The fourth-order valence-electron chi connectivity index (χ4n) is 1.82. The zero-order valence-corrected chi connectivity index (χ0v) is 13.5. The molecule has 19 heavy (non-hydrogen) atoms. The van der Waals surface area contributed by atoms with Gasteiger partial charge < -0.3 is 5.32 Å². The Labute approximate surface area is 125 Å². The van der Waals surface area contributed by atoms with E-state index in [-0.39, 0.29) is 11.9 Å². The van der Waals surface area contributed by atoms with Gasteiger partial charge >= 0.3 is 0 Å². The molecule has 0 aliphatic heterocycles. The fourth-order valence-corrected chi connectivity index (χ4v) is 3.18. The van der Waals surface area contributed by atoms with Crippen molar-refractivity contribution in [2.75, 3.05) is 7.05 Å². The van der Waals surface area contributed by atoms with Crippen LogP contribution in [0.15, 0.2) is 28.1 Å². The van der Waals surface area contributed by atoms with Crippen LogP contribution in [0.5, 0.6) is 0 Å². The first-order valence-corrected chi connectivity index (χ1v) is 7.77. The third kappa shape index (κ3) is 3.22. The quantitative estimate of drug-likeness (QED) is 0.886. The van der Waals surface area contributed by atoms with Crippen LogP contribution in [0.1, 0.15) is 42.1 Å². The van der Waals surface area contributed by atoms with Gasteiger partial charge in [-0.2, -0.15) is 0 Å². The van der Waals surface area contributed by atoms with Crippen molar-refractivity contribution in [3.63, 3.8) is 0 Å². The number of hydrogen-bond donors (Lipinski definition) is 1. The van der Waals surface area contributed by atoms with Crippen molar-refractivity contribution >= 4 is 27.3 Å². The van der Waals surface area contributed by atoms with Crippen molar-refractivity contribution in [3.05, 3.63) is 50.1 Å². The second-order valence-corrected chi connectivity index (χ2v) is 6.40. The van der Waals surface area contributed by atoms with Crippen LogP contribution < -0.4 is 5.32 Å². The van der Waals surface area contributed by atoms with Crippen LogP contribution >= 0.6 is 27.3 Å². The fraction of sp³-hybridized carbons (Fsp3) is 0.357. The molecule has 0 aliphatic carbocycles. The Bertz CT molecular complexity index is 568. The number of aromatic nitrogens is 1. The van der Waals surface area contributed by atoms with Gasteiger partial charge in [-0.05, 0) is 46.6 Å². The third-order valence-electron chi connectivity index (χ3n) is 2.94. The predicted octanol–water partition coefficient (Wildman–Crippen LogP) is 4.48. The molecule has 1 aromatic heterocycles. The predicted molar refractivity (Wildman–Crippen MR) is 81.2 cm³/mol. The van der Waals surface area contributed by atoms with Crippen LogP contribution in [-0.4, -0.2) is 12.0 Å². The van der Waals surface area contributed by atoms with Gasteiger partial charge in [0.1, 0.15) is 10.8 Å². The second-order valence-electron chi connectivity index (χ2n) is 4.66. The Balaban J connectivity index is 2.35. The summed E-state index contributed by atoms with van der Waals surface area (Å²) in [5.41, 5.74) is 1.96. The molecule has 1 unspecified atom stereocenters. The number of hydrogen-bond acceptors (Lipinski definition) is 3. The molecule has 2 nitrogen and oxygen atoms in total. The normalized spacial score (nSPS) is 12.9. The minimum atomic E-state index is -0.251. The van der Waals surface area contributed by atoms with E-state index in [1.54, 1.807) is 23.5 Å². The number of nitrogens with one attached hydrogen (secondary N) is 1. The Kier molecular flexibility index (Phi) is 4.71. The standard InChI is InChI=1S/C14H16BrFN2S/c1-8(2)12-7-19-14(18-12)13(17-3)9-4-5-10(15)11(16)6-9/h4-8,13,17H,1-3H3. The molecule has 0 spiro atoms. The zero-order chi connectivity index (χ0) is 14.0. The molecule has 1 heterocycles. The van der Waals surface area contributed by atoms with E-state index in [9.17, 15) is 4.39 Å². The number of halogens is 2. The van der Waals surface area contributed by atoms with Crippen molar-refractivity contribution in [2.45, 2.75) is 25.8 Å². The summed E-state index contributed by atoms with van der Waals surface area (Å²) < 4.78 is 14.1. The number of thiazole rings is 1. The van der Waals surface area contributed by atoms with Crippen molar-refractivity contribution in [1.29, 1.82) is 0 Å². The Hall–Kier alpha value is -0.780. The Morgan fingerprint density at radius 3 is 2.63 bits per heavy atom. The summed E-state index contributed by atoms with van der Waals surface area (Å²) in [5, 5.41) is 6.23. The second kappa shape index (κ2) is 6.11. The highest BCUT2D eigenvalue weighted by Crippen LogP contribution is 2.29. The highest BCUT2D eigenvalue weighted by Gasteiger charge is 2.18. The Morgan fingerprint density at radius 1 is 1.37 bits per heavy atom. The molecule has 2 rings (SSSR count). The Morgan fingerprint density at radius 2 is 2.11 bits per heavy atom. The zero-order valence-electron chi connectivity index (χ0n) is 11.1. The highest BCUT2D eigenvalue weighted by molar-refractivity contribution is 9.10. The summed E-state index contributed by atoms with van der Waals surface area (Å²) in [7, 11) is 1.86. The molecule has 0 amide bonds. The van der Waals surface area contributed by atoms with Crippen LogP contribution in [0.2, 0.25) is 0 Å². The topological polar surface area (TPSA) is 24.9 Å². The van der Waals surface area contributed by atoms with Gasteiger partial charge in [-0.3, -0.25) is 0 Å². The molecule has 0 fully saturated rings. The first-order valence-electron chi connectivity index (χ1n) is 6.10. The molecule has 1 atom stereocenters. The summed E-state index contributed by atoms with van der Waals surface area (Å²) in [6.07, 6.45) is 0. The van der Waals surface area contributed by atoms with Gasteiger partial charge in [-0.1, -0.05) is 19.9 Å². The summed E-state index contributed by atoms with van der Waals surface area (Å²) in [5.74, 6) is 0.155. The average molecular weight is 343 g/mol. The third-order valence-corrected chi connectivity index (χ3v) is 4.51. The van der Waals surface area contributed by atoms with Crippen LogP contribution in [0.4, 0.5) is 4.39 Å². The van der Waals surface area contributed by atoms with Gasteiger partial charge in [0, 0.05) is 5.38 Å². The lowest BCUT2D eigenvalue weighted by Crippen LogP contribution is -2.17. The summed E-state index contributed by atoms with van der Waals surface area (Å²) in [6.45, 7) is 4.24. The van der Waals surface area contributed by atoms with E-state index in [0.717, 1.165) is 16.3 Å². The maximum Gasteiger partial charge on any atom is 0.137 e. The molecule has 0 radical (unpaired) electrons. The molecule has 0 saturated carbocycles. The summed E-state index contributed by atoms with van der Waals surface area (Å²) >= 11 is 4.78. The SMILES string of the molecule is CNC(c1ccc(Br)c(F)c1)c1nc(C(C)C)cs1. The first kappa shape index (κ1) is 14.6. The molecule has 5 heteroatoms. The van der Waals surface area contributed by atoms with E-state index >= 15 is 0 Å². The molecule has 0 aliphatic rings. The number of nitrogens with zero attached hydrogens (tertiary/aromatic N) is 1. The van der Waals surface area contributed by atoms with E-state index in [4.69, 9.17) is 0 Å². The largest absolute Gasteiger partial charge is 0.307 e. The van der Waals surface area contributed by atoms with Gasteiger partial charge in [0.2, 0.25) is 0 Å². The number of rotatable bonds is 4. The molecular formula is C14H16BrFN2S. The minimum Gasteiger partial charge on any atom is -0.307 e. The lowest BCUT2D eigenvalue weighted by molar-refractivity contribution is 0.609. The molecular weight excluding hydrogens is 327 g/mol. The molecule has 1 N–H and O–H groups in total. The lowest BCUT2D eigenvalue weighted by Gasteiger charge is -2.14. The first-order chi connectivity index (χ1) is 9.02. The number of benzene rings is 1. The van der Waals surface area contributed by atoms with Gasteiger partial charge in [0.25, 0.3) is 0 Å². The van der Waals surface area contributed by atoms with Gasteiger partial charge in [0.15, 0.2) is 0 Å². The van der Waals surface area contributed by atoms with Crippen LogP contribution in [0.25, 0.3) is 0 Å². The molecule has 102 valence electrons. The van der Waals surface area contributed by atoms with E-state index in [1.807, 2.05) is 13.1 Å². The van der Waals surface area contributed by atoms with E-state index < -0.39 is 0 Å². The summed E-state index contributed by atoms with van der Waals surface area (Å²) in [6, 6.07) is 5.11. The average Bonchev–Trinajstić information content (AvgIpc) is 2.84. The molecule has 0 saturated heterocycles. The summed E-state index contributed by atoms with van der Waals surface area (Å²) in [4.78, 5) is 4.63. The van der Waals surface area contributed by atoms with Gasteiger partial charge in [-0.25, -0.2) is 9.37 Å². The molecule has 1 aromatic carbocycles. The van der Waals surface area contributed by atoms with Crippen LogP contribution in [0, 0.1) is 5.82 Å². The maximum absolute atomic E-state index is 13.6. The van der Waals surface area contributed by atoms with Gasteiger partial charge in [-0.15, -0.1) is 11.3 Å². The van der Waals surface area contributed by atoms with Gasteiger partial charge in [0.05, 0.1) is 16.2 Å². The maximum atomic E-state index is 13.6. The highest BCUT2D eigenvalue weighted by atomic mass is 79.9.